The Balaban J connectivity index is 2.22. The highest BCUT2D eigenvalue weighted by Crippen LogP contribution is 2.44. The van der Waals surface area contributed by atoms with Crippen LogP contribution in [0.5, 0.6) is 5.75 Å². The molecule has 3 N–H and O–H groups in total. The zero-order valence-electron chi connectivity index (χ0n) is 13.0. The van der Waals surface area contributed by atoms with Gasteiger partial charge >= 0.3 is 5.97 Å². The lowest BCUT2D eigenvalue weighted by atomic mass is 9.86. The Hall–Kier alpha value is -2.86. The van der Waals surface area contributed by atoms with Gasteiger partial charge in [-0.15, -0.1) is 0 Å². The van der Waals surface area contributed by atoms with E-state index in [4.69, 9.17) is 4.74 Å². The summed E-state index contributed by atoms with van der Waals surface area (Å²) in [6.07, 6.45) is -0.574. The second-order valence-electron chi connectivity index (χ2n) is 5.55. The van der Waals surface area contributed by atoms with Crippen LogP contribution < -0.4 is 10.1 Å². The normalized spacial score (nSPS) is 18.6. The molecule has 0 aromatic heterocycles. The van der Waals surface area contributed by atoms with E-state index in [2.05, 4.69) is 5.32 Å². The average Bonchev–Trinajstić information content (AvgIpc) is 2.99. The van der Waals surface area contributed by atoms with Crippen molar-refractivity contribution in [3.63, 3.8) is 0 Å². The van der Waals surface area contributed by atoms with Gasteiger partial charge in [0.15, 0.2) is 0 Å². The first-order valence-electron chi connectivity index (χ1n) is 7.52. The van der Waals surface area contributed by atoms with Crippen LogP contribution in [-0.2, 0) is 0 Å². The number of nitrogens with one attached hydrogen (secondary N) is 1. The van der Waals surface area contributed by atoms with Crippen LogP contribution in [0, 0.1) is 0 Å². The predicted molar refractivity (Wildman–Crippen MR) is 86.6 cm³/mol. The minimum absolute atomic E-state index is 0.00970. The number of ether oxygens (including phenoxy) is 1. The number of aliphatic hydroxyl groups excluding tert-OH is 1. The smallest absolute Gasteiger partial charge is 0.335 e. The van der Waals surface area contributed by atoms with E-state index in [9.17, 15) is 19.8 Å². The number of hydrogen-bond acceptors (Lipinski definition) is 4. The zero-order chi connectivity index (χ0) is 17.3. The Bertz CT molecular complexity index is 787. The summed E-state index contributed by atoms with van der Waals surface area (Å²) in [5.74, 6) is -1.57. The molecule has 6 heteroatoms. The summed E-state index contributed by atoms with van der Waals surface area (Å²) >= 11 is 0. The molecule has 1 aliphatic rings. The van der Waals surface area contributed by atoms with E-state index in [0.29, 0.717) is 11.3 Å². The highest BCUT2D eigenvalue weighted by Gasteiger charge is 2.38. The fourth-order valence-corrected chi connectivity index (χ4v) is 3.06. The Morgan fingerprint density at radius 1 is 1.21 bits per heavy atom. The van der Waals surface area contributed by atoms with Gasteiger partial charge in [0, 0.05) is 12.6 Å². The van der Waals surface area contributed by atoms with Crippen LogP contribution >= 0.6 is 0 Å². The molecule has 24 heavy (non-hydrogen) atoms. The van der Waals surface area contributed by atoms with Crippen LogP contribution in [0.25, 0.3) is 0 Å². The van der Waals surface area contributed by atoms with Crippen molar-refractivity contribution in [1.82, 2.24) is 5.32 Å². The minimum atomic E-state index is -1.12. The molecule has 1 aliphatic heterocycles. The Labute approximate surface area is 138 Å². The molecule has 124 valence electrons. The lowest BCUT2D eigenvalue weighted by Crippen LogP contribution is -2.24. The zero-order valence-corrected chi connectivity index (χ0v) is 13.0. The summed E-state index contributed by atoms with van der Waals surface area (Å²) in [6.45, 7) is -0.246. The summed E-state index contributed by atoms with van der Waals surface area (Å²) in [5, 5.41) is 21.5. The van der Waals surface area contributed by atoms with Crippen molar-refractivity contribution in [2.75, 3.05) is 13.7 Å². The van der Waals surface area contributed by atoms with Crippen molar-refractivity contribution < 1.29 is 24.5 Å². The molecule has 0 fully saturated rings. The molecule has 0 radical (unpaired) electrons. The van der Waals surface area contributed by atoms with Crippen molar-refractivity contribution in [1.29, 1.82) is 0 Å². The molecule has 0 unspecified atom stereocenters. The van der Waals surface area contributed by atoms with E-state index < -0.39 is 18.0 Å². The second-order valence-corrected chi connectivity index (χ2v) is 5.55. The molecular weight excluding hydrogens is 310 g/mol. The molecule has 0 bridgehead atoms. The highest BCUT2D eigenvalue weighted by molar-refractivity contribution is 6.00. The number of aromatic carboxylic acids is 1. The van der Waals surface area contributed by atoms with Crippen LogP contribution in [0.15, 0.2) is 42.5 Å². The lowest BCUT2D eigenvalue weighted by molar-refractivity contribution is 0.0696. The molecule has 0 aliphatic carbocycles. The summed E-state index contributed by atoms with van der Waals surface area (Å²) in [5.41, 5.74) is 1.65. The number of carboxylic acid groups (broad SMARTS) is 1. The number of carboxylic acids is 1. The van der Waals surface area contributed by atoms with Gasteiger partial charge in [-0.3, -0.25) is 4.79 Å². The molecule has 3 rings (SSSR count). The van der Waals surface area contributed by atoms with Gasteiger partial charge in [-0.25, -0.2) is 4.79 Å². The summed E-state index contributed by atoms with van der Waals surface area (Å²) in [7, 11) is 1.47. The Kier molecular flexibility index (Phi) is 4.22. The molecule has 0 saturated heterocycles. The summed E-state index contributed by atoms with van der Waals surface area (Å²) in [6, 6.07) is 12.2. The van der Waals surface area contributed by atoms with Crippen LogP contribution in [0.3, 0.4) is 0 Å². The molecular formula is C18H17NO5. The topological polar surface area (TPSA) is 95.9 Å². The third-order valence-corrected chi connectivity index (χ3v) is 4.15. The van der Waals surface area contributed by atoms with Crippen molar-refractivity contribution in [2.45, 2.75) is 12.0 Å². The molecule has 0 spiro atoms. The van der Waals surface area contributed by atoms with E-state index in [1.807, 2.05) is 30.3 Å². The third kappa shape index (κ3) is 2.61. The number of fused-ring (bicyclic) bond motifs is 1. The maximum absolute atomic E-state index is 12.1. The second kappa shape index (κ2) is 6.33. The van der Waals surface area contributed by atoms with Crippen LogP contribution in [0.1, 0.15) is 37.8 Å². The minimum Gasteiger partial charge on any atom is -0.486 e. The van der Waals surface area contributed by atoms with Gasteiger partial charge in [-0.1, -0.05) is 30.3 Å². The molecule has 2 aromatic rings. The quantitative estimate of drug-likeness (QED) is 0.793. The first-order valence-corrected chi connectivity index (χ1v) is 7.52. The van der Waals surface area contributed by atoms with Gasteiger partial charge in [-0.05, 0) is 17.7 Å². The Morgan fingerprint density at radius 2 is 1.92 bits per heavy atom. The van der Waals surface area contributed by atoms with Crippen molar-refractivity contribution in [2.24, 2.45) is 0 Å². The Morgan fingerprint density at radius 3 is 2.50 bits per heavy atom. The number of carbonyl (C=O) groups excluding carboxylic acids is 1. The molecule has 2 atom stereocenters. The monoisotopic (exact) mass is 327 g/mol. The van der Waals surface area contributed by atoms with Crippen molar-refractivity contribution >= 4 is 11.9 Å². The molecule has 1 amide bonds. The van der Waals surface area contributed by atoms with Gasteiger partial charge in [-0.2, -0.15) is 0 Å². The molecule has 1 heterocycles. The predicted octanol–water partition coefficient (Wildman–Crippen LogP) is 1.63. The van der Waals surface area contributed by atoms with E-state index in [0.717, 1.165) is 5.56 Å². The van der Waals surface area contributed by atoms with E-state index >= 15 is 0 Å². The van der Waals surface area contributed by atoms with E-state index in [1.54, 1.807) is 0 Å². The van der Waals surface area contributed by atoms with Crippen molar-refractivity contribution in [3.8, 4) is 5.75 Å². The fourth-order valence-electron chi connectivity index (χ4n) is 3.06. The van der Waals surface area contributed by atoms with Crippen LogP contribution in [-0.4, -0.2) is 41.8 Å². The molecule has 0 saturated carbocycles. The number of carbonyl (C=O) groups is 2. The maximum atomic E-state index is 12.1. The average molecular weight is 327 g/mol. The number of aliphatic hydroxyl groups is 1. The summed E-state index contributed by atoms with van der Waals surface area (Å²) in [4.78, 5) is 23.6. The number of rotatable bonds is 4. The van der Waals surface area contributed by atoms with Crippen LogP contribution in [0.4, 0.5) is 0 Å². The SMILES string of the molecule is CNC(=O)c1cc(C(=O)O)cc2c1O[C@H](CO)[C@H]2c1ccccc1. The summed E-state index contributed by atoms with van der Waals surface area (Å²) < 4.78 is 5.81. The first kappa shape index (κ1) is 16.0. The largest absolute Gasteiger partial charge is 0.486 e. The van der Waals surface area contributed by atoms with Crippen molar-refractivity contribution in [3.05, 3.63) is 64.7 Å². The van der Waals surface area contributed by atoms with E-state index in [-0.39, 0.29) is 23.7 Å². The van der Waals surface area contributed by atoms with Gasteiger partial charge in [0.05, 0.1) is 23.7 Å². The molecule has 2 aromatic carbocycles. The third-order valence-electron chi connectivity index (χ3n) is 4.15. The van der Waals surface area contributed by atoms with Crippen LogP contribution in [0.2, 0.25) is 0 Å². The lowest BCUT2D eigenvalue weighted by Gasteiger charge is -2.17. The van der Waals surface area contributed by atoms with E-state index in [1.165, 1.54) is 19.2 Å². The van der Waals surface area contributed by atoms with Gasteiger partial charge in [0.25, 0.3) is 5.91 Å². The standard InChI is InChI=1S/C18H17NO5/c1-19-17(21)13-8-11(18(22)23)7-12-15(10-5-3-2-4-6-10)14(9-20)24-16(12)13/h2-8,14-15,20H,9H2,1H3,(H,19,21)(H,22,23)/t14-,15+/m1/s1. The maximum Gasteiger partial charge on any atom is 0.335 e. The number of benzene rings is 2. The van der Waals surface area contributed by atoms with Gasteiger partial charge in [0.2, 0.25) is 0 Å². The number of hydrogen-bond donors (Lipinski definition) is 3. The highest BCUT2D eigenvalue weighted by atomic mass is 16.5. The number of amides is 1. The fraction of sp³-hybridized carbons (Fsp3) is 0.222. The van der Waals surface area contributed by atoms with Gasteiger partial charge in [0.1, 0.15) is 11.9 Å². The first-order chi connectivity index (χ1) is 11.6. The molecule has 6 nitrogen and oxygen atoms in total. The van der Waals surface area contributed by atoms with Gasteiger partial charge < -0.3 is 20.3 Å².